The molecule has 0 aliphatic carbocycles. The number of hydrogen-bond acceptors (Lipinski definition) is 5. The van der Waals surface area contributed by atoms with Gasteiger partial charge in [0.05, 0.1) is 16.6 Å². The number of nitrogens with zero attached hydrogens (tertiary/aromatic N) is 3. The van der Waals surface area contributed by atoms with Crippen LogP contribution in [0.4, 0.5) is 18.3 Å². The number of halogens is 3. The van der Waals surface area contributed by atoms with Gasteiger partial charge in [-0.05, 0) is 24.3 Å². The van der Waals surface area contributed by atoms with E-state index in [0.29, 0.717) is 16.2 Å². The van der Waals surface area contributed by atoms with Crippen LogP contribution in [0.25, 0.3) is 22.4 Å². The molecule has 0 saturated heterocycles. The van der Waals surface area contributed by atoms with E-state index in [4.69, 9.17) is 0 Å². The first-order valence-corrected chi connectivity index (χ1v) is 10.2. The number of amides is 1. The van der Waals surface area contributed by atoms with Crippen LogP contribution >= 0.6 is 11.3 Å². The molecule has 0 spiro atoms. The summed E-state index contributed by atoms with van der Waals surface area (Å²) in [4.78, 5) is 20.2. The lowest BCUT2D eigenvalue weighted by molar-refractivity contribution is -0.137. The second-order valence-electron chi connectivity index (χ2n) is 7.98. The number of nitrogens with one attached hydrogen (secondary N) is 2. The molecule has 0 fully saturated rings. The molecule has 0 saturated carbocycles. The molecule has 2 aromatic carbocycles. The number of benzene rings is 2. The number of carbonyl (C=O) groups is 1. The van der Waals surface area contributed by atoms with Gasteiger partial charge in [-0.3, -0.25) is 10.1 Å². The van der Waals surface area contributed by atoms with Gasteiger partial charge in [-0.25, -0.2) is 4.98 Å². The number of hydrogen-bond donors (Lipinski definition) is 2. The predicted molar refractivity (Wildman–Crippen MR) is 113 cm³/mol. The summed E-state index contributed by atoms with van der Waals surface area (Å²) in [7, 11) is 0. The maximum absolute atomic E-state index is 13.0. The van der Waals surface area contributed by atoms with Crippen molar-refractivity contribution in [3.8, 4) is 11.4 Å². The molecule has 2 aromatic heterocycles. The first kappa shape index (κ1) is 21.0. The van der Waals surface area contributed by atoms with Crippen LogP contribution in [0.15, 0.2) is 42.5 Å². The Hall–Kier alpha value is -3.27. The van der Waals surface area contributed by atoms with E-state index < -0.39 is 17.6 Å². The Balaban J connectivity index is 1.67. The average molecular weight is 445 g/mol. The van der Waals surface area contributed by atoms with Crippen molar-refractivity contribution in [2.75, 3.05) is 5.32 Å². The van der Waals surface area contributed by atoms with Crippen molar-refractivity contribution >= 4 is 33.4 Å². The highest BCUT2D eigenvalue weighted by atomic mass is 32.1. The van der Waals surface area contributed by atoms with Gasteiger partial charge in [-0.1, -0.05) is 50.3 Å². The minimum absolute atomic E-state index is 0.192. The minimum Gasteiger partial charge on any atom is -0.338 e. The molecule has 4 rings (SSSR count). The van der Waals surface area contributed by atoms with Gasteiger partial charge in [0.2, 0.25) is 5.13 Å². The number of rotatable bonds is 3. The molecule has 0 bridgehead atoms. The third-order valence-corrected chi connectivity index (χ3v) is 5.77. The van der Waals surface area contributed by atoms with Crippen LogP contribution in [0.1, 0.15) is 41.7 Å². The number of alkyl halides is 3. The number of fused-ring (bicyclic) bond motifs is 1. The monoisotopic (exact) mass is 445 g/mol. The largest absolute Gasteiger partial charge is 0.416 e. The van der Waals surface area contributed by atoms with Crippen molar-refractivity contribution in [2.45, 2.75) is 32.4 Å². The number of anilines is 1. The Labute approximate surface area is 179 Å². The smallest absolute Gasteiger partial charge is 0.338 e. The van der Waals surface area contributed by atoms with Gasteiger partial charge in [-0.15, -0.1) is 10.2 Å². The van der Waals surface area contributed by atoms with E-state index in [-0.39, 0.29) is 22.4 Å². The fraction of sp³-hybridized carbons (Fsp3) is 0.238. The van der Waals surface area contributed by atoms with Crippen LogP contribution in [0, 0.1) is 0 Å². The second kappa shape index (κ2) is 7.45. The van der Waals surface area contributed by atoms with Crippen LogP contribution in [0.3, 0.4) is 0 Å². The Morgan fingerprint density at radius 1 is 1.06 bits per heavy atom. The van der Waals surface area contributed by atoms with Crippen LogP contribution in [0.2, 0.25) is 0 Å². The van der Waals surface area contributed by atoms with E-state index in [1.165, 1.54) is 23.5 Å². The van der Waals surface area contributed by atoms with E-state index in [1.807, 2.05) is 20.8 Å². The van der Waals surface area contributed by atoms with Crippen LogP contribution in [-0.2, 0) is 11.6 Å². The first-order chi connectivity index (χ1) is 14.5. The molecule has 6 nitrogen and oxygen atoms in total. The summed E-state index contributed by atoms with van der Waals surface area (Å²) in [5, 5.41) is 12.0. The molecule has 31 heavy (non-hydrogen) atoms. The number of para-hydroxylation sites is 1. The SMILES string of the molecule is CC(C)(C)c1nnc(NC(=O)c2cccc3[nH]c(-c4cccc(C(F)(F)F)c4)nc23)s1. The zero-order chi connectivity index (χ0) is 22.4. The molecule has 0 aliphatic rings. The van der Waals surface area contributed by atoms with Crippen molar-refractivity contribution in [1.29, 1.82) is 0 Å². The minimum atomic E-state index is -4.46. The van der Waals surface area contributed by atoms with E-state index in [0.717, 1.165) is 17.1 Å². The standard InChI is InChI=1S/C21H18F3N5OS/c1-20(2,3)18-28-29-19(31-18)27-17(30)13-8-5-9-14-15(13)26-16(25-14)11-6-4-7-12(10-11)21(22,23)24/h4-10H,1-3H3,(H,25,26)(H,27,29,30). The highest BCUT2D eigenvalue weighted by Gasteiger charge is 2.30. The van der Waals surface area contributed by atoms with Gasteiger partial charge in [0, 0.05) is 11.0 Å². The third-order valence-electron chi connectivity index (χ3n) is 4.51. The maximum Gasteiger partial charge on any atom is 0.416 e. The number of imidazole rings is 1. The summed E-state index contributed by atoms with van der Waals surface area (Å²) < 4.78 is 39.1. The average Bonchev–Trinajstić information content (AvgIpc) is 3.33. The number of aromatic amines is 1. The molecule has 4 aromatic rings. The van der Waals surface area contributed by atoms with E-state index in [1.54, 1.807) is 18.2 Å². The quantitative estimate of drug-likeness (QED) is 0.427. The van der Waals surface area contributed by atoms with Crippen LogP contribution in [0.5, 0.6) is 0 Å². The molecule has 0 unspecified atom stereocenters. The molecule has 2 N–H and O–H groups in total. The molecular formula is C21H18F3N5OS. The van der Waals surface area contributed by atoms with Crippen molar-refractivity contribution in [3.63, 3.8) is 0 Å². The van der Waals surface area contributed by atoms with Gasteiger partial charge in [0.15, 0.2) is 0 Å². The molecule has 2 heterocycles. The molecular weight excluding hydrogens is 427 g/mol. The van der Waals surface area contributed by atoms with Crippen LogP contribution in [-0.4, -0.2) is 26.1 Å². The second-order valence-corrected chi connectivity index (χ2v) is 8.96. The zero-order valence-electron chi connectivity index (χ0n) is 16.8. The fourth-order valence-electron chi connectivity index (χ4n) is 2.94. The van der Waals surface area contributed by atoms with Crippen molar-refractivity contribution in [2.24, 2.45) is 0 Å². The number of H-pyrrole nitrogens is 1. The lowest BCUT2D eigenvalue weighted by Gasteiger charge is -2.12. The molecule has 0 radical (unpaired) electrons. The Morgan fingerprint density at radius 2 is 1.81 bits per heavy atom. The summed E-state index contributed by atoms with van der Waals surface area (Å²) in [5.41, 5.74) is 0.480. The molecule has 160 valence electrons. The maximum atomic E-state index is 13.0. The molecule has 0 atom stereocenters. The highest BCUT2D eigenvalue weighted by Crippen LogP contribution is 2.32. The van der Waals surface area contributed by atoms with Crippen molar-refractivity contribution in [1.82, 2.24) is 20.2 Å². The fourth-order valence-corrected chi connectivity index (χ4v) is 3.73. The van der Waals surface area contributed by atoms with Gasteiger partial charge in [-0.2, -0.15) is 13.2 Å². The summed E-state index contributed by atoms with van der Waals surface area (Å²) in [6.07, 6.45) is -4.46. The summed E-state index contributed by atoms with van der Waals surface area (Å²) in [5.74, 6) is -0.184. The number of aromatic nitrogens is 4. The molecule has 0 aliphatic heterocycles. The Bertz CT molecular complexity index is 1270. The molecule has 1 amide bonds. The van der Waals surface area contributed by atoms with E-state index in [2.05, 4.69) is 25.5 Å². The topological polar surface area (TPSA) is 83.6 Å². The lowest BCUT2D eigenvalue weighted by Crippen LogP contribution is -2.12. The zero-order valence-corrected chi connectivity index (χ0v) is 17.6. The van der Waals surface area contributed by atoms with Crippen molar-refractivity contribution in [3.05, 3.63) is 58.6 Å². The van der Waals surface area contributed by atoms with Gasteiger partial charge in [0.1, 0.15) is 16.3 Å². The lowest BCUT2D eigenvalue weighted by atomic mass is 9.98. The summed E-state index contributed by atoms with van der Waals surface area (Å²) in [6.45, 7) is 6.00. The number of carbonyl (C=O) groups excluding carboxylic acids is 1. The third kappa shape index (κ3) is 4.29. The highest BCUT2D eigenvalue weighted by molar-refractivity contribution is 7.15. The Morgan fingerprint density at radius 3 is 2.48 bits per heavy atom. The Kier molecular flexibility index (Phi) is 5.04. The first-order valence-electron chi connectivity index (χ1n) is 9.34. The van der Waals surface area contributed by atoms with Gasteiger partial charge >= 0.3 is 6.18 Å². The van der Waals surface area contributed by atoms with Crippen molar-refractivity contribution < 1.29 is 18.0 Å². The summed E-state index contributed by atoms with van der Waals surface area (Å²) >= 11 is 1.29. The normalized spacial score (nSPS) is 12.3. The van der Waals surface area contributed by atoms with E-state index >= 15 is 0 Å². The van der Waals surface area contributed by atoms with Gasteiger partial charge < -0.3 is 4.98 Å². The van der Waals surface area contributed by atoms with Gasteiger partial charge in [0.25, 0.3) is 5.91 Å². The molecule has 10 heteroatoms. The van der Waals surface area contributed by atoms with E-state index in [9.17, 15) is 18.0 Å². The predicted octanol–water partition coefficient (Wildman–Crippen LogP) is 5.65. The van der Waals surface area contributed by atoms with Crippen LogP contribution < -0.4 is 5.32 Å². The summed E-state index contributed by atoms with van der Waals surface area (Å²) in [6, 6.07) is 9.85.